The van der Waals surface area contributed by atoms with Gasteiger partial charge in [-0.1, -0.05) is 30.3 Å². The molecule has 1 aliphatic rings. The number of rotatable bonds is 3. The SMILES string of the molecule is C[C@@H](c1ccccc1)N1CC[C@H](NC(=O)O)C1. The first kappa shape index (κ1) is 11.9. The third-order valence-electron chi connectivity index (χ3n) is 3.38. The van der Waals surface area contributed by atoms with E-state index in [1.54, 1.807) is 0 Å². The fourth-order valence-electron chi connectivity index (χ4n) is 2.37. The first-order chi connectivity index (χ1) is 8.16. The Bertz CT molecular complexity index is 380. The summed E-state index contributed by atoms with van der Waals surface area (Å²) in [6.07, 6.45) is -0.0343. The van der Waals surface area contributed by atoms with Crippen LogP contribution in [0.4, 0.5) is 4.79 Å². The summed E-state index contributed by atoms with van der Waals surface area (Å²) in [5.74, 6) is 0. The van der Waals surface area contributed by atoms with Crippen LogP contribution in [0.25, 0.3) is 0 Å². The molecule has 0 aromatic heterocycles. The molecule has 4 nitrogen and oxygen atoms in total. The molecule has 0 unspecified atom stereocenters. The minimum Gasteiger partial charge on any atom is -0.465 e. The van der Waals surface area contributed by atoms with Gasteiger partial charge in [0.25, 0.3) is 0 Å². The smallest absolute Gasteiger partial charge is 0.404 e. The van der Waals surface area contributed by atoms with Crippen molar-refractivity contribution in [1.29, 1.82) is 0 Å². The molecule has 1 aliphatic heterocycles. The molecule has 1 amide bonds. The Balaban J connectivity index is 1.94. The maximum Gasteiger partial charge on any atom is 0.404 e. The summed E-state index contributed by atoms with van der Waals surface area (Å²) < 4.78 is 0. The Hall–Kier alpha value is -1.55. The van der Waals surface area contributed by atoms with Crippen LogP contribution in [0.1, 0.15) is 24.9 Å². The lowest BCUT2D eigenvalue weighted by Gasteiger charge is -2.24. The van der Waals surface area contributed by atoms with Gasteiger partial charge in [-0.3, -0.25) is 4.90 Å². The molecule has 1 saturated heterocycles. The van der Waals surface area contributed by atoms with E-state index in [0.717, 1.165) is 19.5 Å². The van der Waals surface area contributed by atoms with Crippen molar-refractivity contribution in [2.24, 2.45) is 0 Å². The van der Waals surface area contributed by atoms with E-state index in [1.165, 1.54) is 5.56 Å². The van der Waals surface area contributed by atoms with E-state index in [4.69, 9.17) is 5.11 Å². The predicted octanol–water partition coefficient (Wildman–Crippen LogP) is 2.09. The summed E-state index contributed by atoms with van der Waals surface area (Å²) in [7, 11) is 0. The topological polar surface area (TPSA) is 52.6 Å². The molecule has 0 saturated carbocycles. The Morgan fingerprint density at radius 1 is 1.47 bits per heavy atom. The first-order valence-corrected chi connectivity index (χ1v) is 5.95. The van der Waals surface area contributed by atoms with Gasteiger partial charge in [0.2, 0.25) is 0 Å². The number of hydrogen-bond donors (Lipinski definition) is 2. The number of carbonyl (C=O) groups is 1. The van der Waals surface area contributed by atoms with E-state index < -0.39 is 6.09 Å². The third kappa shape index (κ3) is 2.97. The lowest BCUT2D eigenvalue weighted by molar-refractivity contribution is 0.188. The first-order valence-electron chi connectivity index (χ1n) is 5.95. The van der Waals surface area contributed by atoms with Gasteiger partial charge in [0.05, 0.1) is 0 Å². The highest BCUT2D eigenvalue weighted by molar-refractivity contribution is 5.64. The Kier molecular flexibility index (Phi) is 3.64. The largest absolute Gasteiger partial charge is 0.465 e. The molecule has 1 aromatic rings. The van der Waals surface area contributed by atoms with Gasteiger partial charge < -0.3 is 10.4 Å². The van der Waals surface area contributed by atoms with Gasteiger partial charge in [0.1, 0.15) is 0 Å². The van der Waals surface area contributed by atoms with Crippen molar-refractivity contribution in [2.75, 3.05) is 13.1 Å². The van der Waals surface area contributed by atoms with Gasteiger partial charge in [-0.2, -0.15) is 0 Å². The Morgan fingerprint density at radius 2 is 2.18 bits per heavy atom. The number of benzene rings is 1. The van der Waals surface area contributed by atoms with E-state index in [9.17, 15) is 4.79 Å². The number of nitrogens with one attached hydrogen (secondary N) is 1. The minimum absolute atomic E-state index is 0.0682. The number of carboxylic acid groups (broad SMARTS) is 1. The van der Waals surface area contributed by atoms with Crippen LogP contribution in [0.3, 0.4) is 0 Å². The average Bonchev–Trinajstić information content (AvgIpc) is 2.77. The molecule has 1 fully saturated rings. The lowest BCUT2D eigenvalue weighted by Crippen LogP contribution is -2.36. The molecule has 2 rings (SSSR count). The van der Waals surface area contributed by atoms with E-state index in [-0.39, 0.29) is 6.04 Å². The number of amides is 1. The molecule has 2 N–H and O–H groups in total. The van der Waals surface area contributed by atoms with Crippen LogP contribution in [-0.4, -0.2) is 35.2 Å². The zero-order chi connectivity index (χ0) is 12.3. The standard InChI is InChI=1S/C13H18N2O2/c1-10(11-5-3-2-4-6-11)15-8-7-12(9-15)14-13(16)17/h2-6,10,12,14H,7-9H2,1H3,(H,16,17)/t10-,12-/m0/s1. The summed E-state index contributed by atoms with van der Waals surface area (Å²) in [5, 5.41) is 11.2. The van der Waals surface area contributed by atoms with Crippen molar-refractivity contribution in [3.63, 3.8) is 0 Å². The van der Waals surface area contributed by atoms with Crippen LogP contribution >= 0.6 is 0 Å². The lowest BCUT2D eigenvalue weighted by atomic mass is 10.1. The quantitative estimate of drug-likeness (QED) is 0.842. The van der Waals surface area contributed by atoms with Gasteiger partial charge in [-0.05, 0) is 18.9 Å². The van der Waals surface area contributed by atoms with Crippen molar-refractivity contribution >= 4 is 6.09 Å². The molecule has 1 aromatic carbocycles. The van der Waals surface area contributed by atoms with E-state index in [1.807, 2.05) is 18.2 Å². The summed E-state index contributed by atoms with van der Waals surface area (Å²) in [6.45, 7) is 3.90. The van der Waals surface area contributed by atoms with Crippen molar-refractivity contribution in [3.05, 3.63) is 35.9 Å². The molecule has 2 atom stereocenters. The summed E-state index contributed by atoms with van der Waals surface area (Å²) in [5.41, 5.74) is 1.28. The van der Waals surface area contributed by atoms with Crippen LogP contribution in [0.5, 0.6) is 0 Å². The molecule has 92 valence electrons. The summed E-state index contributed by atoms with van der Waals surface area (Å²) in [4.78, 5) is 12.9. The monoisotopic (exact) mass is 234 g/mol. The highest BCUT2D eigenvalue weighted by atomic mass is 16.4. The molecule has 4 heteroatoms. The molecule has 0 radical (unpaired) electrons. The van der Waals surface area contributed by atoms with Crippen molar-refractivity contribution in [2.45, 2.75) is 25.4 Å². The highest BCUT2D eigenvalue weighted by Gasteiger charge is 2.27. The van der Waals surface area contributed by atoms with Crippen molar-refractivity contribution < 1.29 is 9.90 Å². The van der Waals surface area contributed by atoms with Crippen LogP contribution in [-0.2, 0) is 0 Å². The zero-order valence-corrected chi connectivity index (χ0v) is 9.97. The van der Waals surface area contributed by atoms with Gasteiger partial charge in [0, 0.05) is 25.2 Å². The van der Waals surface area contributed by atoms with Crippen LogP contribution in [0, 0.1) is 0 Å². The van der Waals surface area contributed by atoms with Gasteiger partial charge >= 0.3 is 6.09 Å². The van der Waals surface area contributed by atoms with Crippen LogP contribution < -0.4 is 5.32 Å². The highest BCUT2D eigenvalue weighted by Crippen LogP contribution is 2.24. The van der Waals surface area contributed by atoms with E-state index in [0.29, 0.717) is 6.04 Å². The second kappa shape index (κ2) is 5.19. The molecule has 0 spiro atoms. The number of nitrogens with zero attached hydrogens (tertiary/aromatic N) is 1. The van der Waals surface area contributed by atoms with Crippen LogP contribution in [0.15, 0.2) is 30.3 Å². The van der Waals surface area contributed by atoms with E-state index in [2.05, 4.69) is 29.3 Å². The van der Waals surface area contributed by atoms with Crippen molar-refractivity contribution in [3.8, 4) is 0 Å². The fourth-order valence-corrected chi connectivity index (χ4v) is 2.37. The third-order valence-corrected chi connectivity index (χ3v) is 3.38. The Labute approximate surface area is 101 Å². The summed E-state index contributed by atoms with van der Waals surface area (Å²) >= 11 is 0. The molecular weight excluding hydrogens is 216 g/mol. The van der Waals surface area contributed by atoms with Crippen molar-refractivity contribution in [1.82, 2.24) is 10.2 Å². The fraction of sp³-hybridized carbons (Fsp3) is 0.462. The molecular formula is C13H18N2O2. The normalized spacial score (nSPS) is 22.3. The Morgan fingerprint density at radius 3 is 2.82 bits per heavy atom. The second-order valence-electron chi connectivity index (χ2n) is 4.52. The second-order valence-corrected chi connectivity index (χ2v) is 4.52. The molecule has 1 heterocycles. The summed E-state index contributed by atoms with van der Waals surface area (Å²) in [6, 6.07) is 10.7. The minimum atomic E-state index is -0.927. The molecule has 0 bridgehead atoms. The average molecular weight is 234 g/mol. The van der Waals surface area contributed by atoms with Gasteiger partial charge in [0.15, 0.2) is 0 Å². The number of hydrogen-bond acceptors (Lipinski definition) is 2. The van der Waals surface area contributed by atoms with E-state index >= 15 is 0 Å². The van der Waals surface area contributed by atoms with Crippen LogP contribution in [0.2, 0.25) is 0 Å². The molecule has 0 aliphatic carbocycles. The zero-order valence-electron chi connectivity index (χ0n) is 9.97. The predicted molar refractivity (Wildman–Crippen MR) is 66.0 cm³/mol. The maximum absolute atomic E-state index is 10.6. The maximum atomic E-state index is 10.6. The molecule has 17 heavy (non-hydrogen) atoms. The van der Waals surface area contributed by atoms with Gasteiger partial charge in [-0.15, -0.1) is 0 Å². The van der Waals surface area contributed by atoms with Gasteiger partial charge in [-0.25, -0.2) is 4.79 Å². The number of likely N-dealkylation sites (tertiary alicyclic amines) is 1.